The molecule has 1 atom stereocenters. The maximum Gasteiger partial charge on any atom is 0.330 e. The summed E-state index contributed by atoms with van der Waals surface area (Å²) in [6, 6.07) is 3.09. The highest BCUT2D eigenvalue weighted by atomic mass is 35.5. The predicted octanol–water partition coefficient (Wildman–Crippen LogP) is 0.373. The van der Waals surface area contributed by atoms with Crippen LogP contribution in [0.4, 0.5) is 0 Å². The molecule has 0 unspecified atom stereocenters. The van der Waals surface area contributed by atoms with Gasteiger partial charge in [0.2, 0.25) is 5.91 Å². The molecule has 1 aromatic rings. The van der Waals surface area contributed by atoms with Crippen molar-refractivity contribution in [3.63, 3.8) is 0 Å². The number of aliphatic hydroxyl groups excluding tert-OH is 1. The Morgan fingerprint density at radius 1 is 1.27 bits per heavy atom. The van der Waals surface area contributed by atoms with Gasteiger partial charge in [0.25, 0.3) is 5.91 Å². The lowest BCUT2D eigenvalue weighted by Gasteiger charge is -2.14. The summed E-state index contributed by atoms with van der Waals surface area (Å²) in [5.41, 5.74) is 0.230. The molecule has 7 nitrogen and oxygen atoms in total. The van der Waals surface area contributed by atoms with E-state index < -0.39 is 30.4 Å². The van der Waals surface area contributed by atoms with Crippen LogP contribution in [0.5, 0.6) is 0 Å². The lowest BCUT2D eigenvalue weighted by atomic mass is 10.2. The number of ether oxygens (including phenoxy) is 1. The standard InChI is InChI=1S/C13H14Cl2N2O5/c1-22-13(21)10(6-18)17-11(19)5-16-12(20)7-2-3-8(14)9(15)4-7/h2-4,10,18H,5-6H2,1H3,(H,16,20)(H,17,19)/t10-/m0/s1. The van der Waals surface area contributed by atoms with Crippen LogP contribution >= 0.6 is 23.2 Å². The number of aliphatic hydroxyl groups is 1. The zero-order chi connectivity index (χ0) is 16.7. The lowest BCUT2D eigenvalue weighted by molar-refractivity contribution is -0.146. The summed E-state index contributed by atoms with van der Waals surface area (Å²) in [6.07, 6.45) is 0. The van der Waals surface area contributed by atoms with E-state index >= 15 is 0 Å². The Bertz CT molecular complexity index is 580. The van der Waals surface area contributed by atoms with Crippen LogP contribution < -0.4 is 10.6 Å². The van der Waals surface area contributed by atoms with Crippen molar-refractivity contribution in [2.75, 3.05) is 20.3 Å². The Labute approximate surface area is 136 Å². The Kier molecular flexibility index (Phi) is 7.10. The van der Waals surface area contributed by atoms with E-state index in [0.717, 1.165) is 7.11 Å². The van der Waals surface area contributed by atoms with Crippen molar-refractivity contribution in [3.05, 3.63) is 33.8 Å². The monoisotopic (exact) mass is 348 g/mol. The summed E-state index contributed by atoms with van der Waals surface area (Å²) < 4.78 is 4.40. The van der Waals surface area contributed by atoms with Gasteiger partial charge >= 0.3 is 5.97 Å². The molecule has 0 aliphatic heterocycles. The minimum atomic E-state index is -1.18. The van der Waals surface area contributed by atoms with Gasteiger partial charge in [0, 0.05) is 5.56 Å². The minimum Gasteiger partial charge on any atom is -0.467 e. The highest BCUT2D eigenvalue weighted by Crippen LogP contribution is 2.22. The molecule has 0 aromatic heterocycles. The van der Waals surface area contributed by atoms with Crippen molar-refractivity contribution in [3.8, 4) is 0 Å². The van der Waals surface area contributed by atoms with Crippen LogP contribution in [0, 0.1) is 0 Å². The first-order valence-corrected chi connectivity index (χ1v) is 6.86. The van der Waals surface area contributed by atoms with Gasteiger partial charge < -0.3 is 20.5 Å². The van der Waals surface area contributed by atoms with Gasteiger partial charge in [0.1, 0.15) is 0 Å². The quantitative estimate of drug-likeness (QED) is 0.644. The van der Waals surface area contributed by atoms with Crippen molar-refractivity contribution >= 4 is 41.0 Å². The number of halogens is 2. The molecule has 0 bridgehead atoms. The molecule has 0 aliphatic rings. The Balaban J connectivity index is 2.54. The number of carbonyl (C=O) groups excluding carboxylic acids is 3. The molecule has 0 aliphatic carbocycles. The zero-order valence-electron chi connectivity index (χ0n) is 11.6. The first kappa shape index (κ1) is 18.2. The average molecular weight is 349 g/mol. The number of benzene rings is 1. The molecule has 3 N–H and O–H groups in total. The molecule has 120 valence electrons. The molecule has 2 amide bonds. The van der Waals surface area contributed by atoms with Crippen LogP contribution in [0.25, 0.3) is 0 Å². The van der Waals surface area contributed by atoms with Crippen LogP contribution in [0.2, 0.25) is 10.0 Å². The van der Waals surface area contributed by atoms with Crippen LogP contribution in [0.1, 0.15) is 10.4 Å². The maximum absolute atomic E-state index is 11.8. The number of amides is 2. The van der Waals surface area contributed by atoms with Crippen LogP contribution in [-0.2, 0) is 14.3 Å². The highest BCUT2D eigenvalue weighted by molar-refractivity contribution is 6.42. The fourth-order valence-corrected chi connectivity index (χ4v) is 1.76. The smallest absolute Gasteiger partial charge is 0.330 e. The van der Waals surface area contributed by atoms with E-state index in [1.165, 1.54) is 18.2 Å². The van der Waals surface area contributed by atoms with Gasteiger partial charge in [-0.15, -0.1) is 0 Å². The van der Waals surface area contributed by atoms with Crippen LogP contribution in [0.15, 0.2) is 18.2 Å². The zero-order valence-corrected chi connectivity index (χ0v) is 13.1. The Morgan fingerprint density at radius 2 is 1.95 bits per heavy atom. The van der Waals surface area contributed by atoms with Crippen LogP contribution in [0.3, 0.4) is 0 Å². The fourth-order valence-electron chi connectivity index (χ4n) is 1.47. The van der Waals surface area contributed by atoms with Gasteiger partial charge in [-0.25, -0.2) is 4.79 Å². The van der Waals surface area contributed by atoms with Gasteiger partial charge in [-0.2, -0.15) is 0 Å². The molecule has 0 saturated carbocycles. The topological polar surface area (TPSA) is 105 Å². The first-order valence-electron chi connectivity index (χ1n) is 6.10. The lowest BCUT2D eigenvalue weighted by Crippen LogP contribution is -2.47. The molecule has 0 fully saturated rings. The van der Waals surface area contributed by atoms with Crippen molar-refractivity contribution in [1.82, 2.24) is 10.6 Å². The molecule has 0 saturated heterocycles. The van der Waals surface area contributed by atoms with E-state index in [2.05, 4.69) is 15.4 Å². The van der Waals surface area contributed by atoms with Crippen molar-refractivity contribution in [2.24, 2.45) is 0 Å². The second kappa shape index (κ2) is 8.57. The molecular weight excluding hydrogens is 335 g/mol. The normalized spacial score (nSPS) is 11.5. The number of methoxy groups -OCH3 is 1. The predicted molar refractivity (Wildman–Crippen MR) is 79.8 cm³/mol. The van der Waals surface area contributed by atoms with Gasteiger partial charge in [0.05, 0.1) is 30.3 Å². The van der Waals surface area contributed by atoms with E-state index in [1.807, 2.05) is 0 Å². The summed E-state index contributed by atoms with van der Waals surface area (Å²) >= 11 is 11.5. The Hall–Kier alpha value is -1.83. The number of carbonyl (C=O) groups is 3. The molecule has 0 radical (unpaired) electrons. The van der Waals surface area contributed by atoms with Crippen molar-refractivity contribution in [1.29, 1.82) is 0 Å². The molecule has 0 heterocycles. The number of rotatable bonds is 6. The second-order valence-electron chi connectivity index (χ2n) is 4.14. The van der Waals surface area contributed by atoms with E-state index in [0.29, 0.717) is 5.02 Å². The maximum atomic E-state index is 11.8. The summed E-state index contributed by atoms with van der Waals surface area (Å²) in [5.74, 6) is -1.98. The van der Waals surface area contributed by atoms with Gasteiger partial charge in [-0.3, -0.25) is 9.59 Å². The van der Waals surface area contributed by atoms with E-state index in [1.54, 1.807) is 0 Å². The van der Waals surface area contributed by atoms with E-state index in [9.17, 15) is 14.4 Å². The largest absolute Gasteiger partial charge is 0.467 e. The number of hydrogen-bond acceptors (Lipinski definition) is 5. The average Bonchev–Trinajstić information content (AvgIpc) is 2.52. The molecular formula is C13H14Cl2N2O5. The molecule has 1 rings (SSSR count). The van der Waals surface area contributed by atoms with Gasteiger partial charge in [-0.1, -0.05) is 23.2 Å². The van der Waals surface area contributed by atoms with E-state index in [4.69, 9.17) is 28.3 Å². The van der Waals surface area contributed by atoms with Crippen LogP contribution in [-0.4, -0.2) is 49.2 Å². The summed E-state index contributed by atoms with van der Waals surface area (Å²) in [7, 11) is 1.13. The summed E-state index contributed by atoms with van der Waals surface area (Å²) in [5, 5.41) is 14.0. The first-order chi connectivity index (χ1) is 10.4. The number of nitrogens with one attached hydrogen (secondary N) is 2. The fraction of sp³-hybridized carbons (Fsp3) is 0.308. The summed E-state index contributed by atoms with van der Waals surface area (Å²) in [4.78, 5) is 34.6. The van der Waals surface area contributed by atoms with Crippen molar-refractivity contribution in [2.45, 2.75) is 6.04 Å². The minimum absolute atomic E-state index is 0.213. The number of hydrogen-bond donors (Lipinski definition) is 3. The molecule has 9 heteroatoms. The number of esters is 1. The third kappa shape index (κ3) is 5.18. The van der Waals surface area contributed by atoms with E-state index in [-0.39, 0.29) is 17.1 Å². The Morgan fingerprint density at radius 3 is 2.50 bits per heavy atom. The summed E-state index contributed by atoms with van der Waals surface area (Å²) in [6.45, 7) is -0.994. The van der Waals surface area contributed by atoms with Gasteiger partial charge in [0.15, 0.2) is 6.04 Å². The second-order valence-corrected chi connectivity index (χ2v) is 4.95. The van der Waals surface area contributed by atoms with Gasteiger partial charge in [-0.05, 0) is 18.2 Å². The molecule has 0 spiro atoms. The highest BCUT2D eigenvalue weighted by Gasteiger charge is 2.20. The third-order valence-electron chi connectivity index (χ3n) is 2.59. The third-order valence-corrected chi connectivity index (χ3v) is 3.33. The molecule has 1 aromatic carbocycles. The SMILES string of the molecule is COC(=O)[C@H](CO)NC(=O)CNC(=O)c1ccc(Cl)c(Cl)c1. The van der Waals surface area contributed by atoms with Crippen molar-refractivity contribution < 1.29 is 24.2 Å². The molecule has 22 heavy (non-hydrogen) atoms.